The Bertz CT molecular complexity index is 628. The normalized spacial score (nSPS) is 16.4. The van der Waals surface area contributed by atoms with Gasteiger partial charge in [0.25, 0.3) is 0 Å². The van der Waals surface area contributed by atoms with Crippen molar-refractivity contribution >= 4 is 17.5 Å². The molecule has 0 bridgehead atoms. The average molecular weight is 289 g/mol. The number of halogens is 1. The molecule has 2 aromatic rings. The van der Waals surface area contributed by atoms with Gasteiger partial charge in [0, 0.05) is 23.3 Å². The van der Waals surface area contributed by atoms with Crippen molar-refractivity contribution in [3.63, 3.8) is 0 Å². The van der Waals surface area contributed by atoms with Crippen molar-refractivity contribution in [3.05, 3.63) is 58.7 Å². The predicted molar refractivity (Wildman–Crippen MR) is 75.8 cm³/mol. The predicted octanol–water partition coefficient (Wildman–Crippen LogP) is 2.53. The third-order valence-corrected chi connectivity index (χ3v) is 3.51. The molecule has 0 radical (unpaired) electrons. The molecule has 1 N–H and O–H groups in total. The first kappa shape index (κ1) is 12.9. The van der Waals surface area contributed by atoms with E-state index >= 15 is 0 Å². The largest absolute Gasteiger partial charge is 0.476 e. The lowest BCUT2D eigenvalue weighted by molar-refractivity contribution is -0.122. The molecule has 1 aromatic carbocycles. The van der Waals surface area contributed by atoms with Crippen molar-refractivity contribution in [2.45, 2.75) is 12.5 Å². The van der Waals surface area contributed by atoms with Crippen LogP contribution in [-0.2, 0) is 11.3 Å². The summed E-state index contributed by atoms with van der Waals surface area (Å²) in [5, 5.41) is 3.60. The molecular formula is C15H13ClN2O2. The fraction of sp³-hybridized carbons (Fsp3) is 0.200. The highest BCUT2D eigenvalue weighted by atomic mass is 35.5. The highest BCUT2D eigenvalue weighted by molar-refractivity contribution is 6.30. The lowest BCUT2D eigenvalue weighted by Gasteiger charge is -2.10. The van der Waals surface area contributed by atoms with Gasteiger partial charge in [-0.3, -0.25) is 4.79 Å². The molecule has 1 unspecified atom stereocenters. The standard InChI is InChI=1S/C15H13ClN2O2/c16-11-5-3-10(4-6-11)8-18-14(19)13-9-20-15-12(13)2-1-7-17-15/h1-7,13H,8-9H2,(H,18,19). The lowest BCUT2D eigenvalue weighted by Crippen LogP contribution is -2.29. The number of fused-ring (bicyclic) bond motifs is 1. The van der Waals surface area contributed by atoms with Gasteiger partial charge in [0.1, 0.15) is 12.5 Å². The maximum absolute atomic E-state index is 12.2. The Balaban J connectivity index is 1.65. The van der Waals surface area contributed by atoms with E-state index in [0.717, 1.165) is 11.1 Å². The number of hydrogen-bond donors (Lipinski definition) is 1. The van der Waals surface area contributed by atoms with Crippen LogP contribution in [-0.4, -0.2) is 17.5 Å². The minimum Gasteiger partial charge on any atom is -0.476 e. The van der Waals surface area contributed by atoms with Gasteiger partial charge in [0.2, 0.25) is 11.8 Å². The van der Waals surface area contributed by atoms with E-state index in [1.807, 2.05) is 24.3 Å². The second kappa shape index (κ2) is 5.51. The van der Waals surface area contributed by atoms with Gasteiger partial charge in [-0.2, -0.15) is 0 Å². The molecule has 0 spiro atoms. The average Bonchev–Trinajstić information content (AvgIpc) is 2.90. The van der Waals surface area contributed by atoms with Crippen molar-refractivity contribution in [3.8, 4) is 5.88 Å². The molecule has 0 aliphatic carbocycles. The van der Waals surface area contributed by atoms with Crippen LogP contribution >= 0.6 is 11.6 Å². The molecular weight excluding hydrogens is 276 g/mol. The van der Waals surface area contributed by atoms with Crippen LogP contribution in [0.3, 0.4) is 0 Å². The minimum absolute atomic E-state index is 0.0494. The van der Waals surface area contributed by atoms with Crippen molar-refractivity contribution in [2.24, 2.45) is 0 Å². The lowest BCUT2D eigenvalue weighted by atomic mass is 10.0. The molecule has 4 nitrogen and oxygen atoms in total. The van der Waals surface area contributed by atoms with Crippen molar-refractivity contribution in [2.75, 3.05) is 6.61 Å². The number of amides is 1. The molecule has 1 aliphatic heterocycles. The Morgan fingerprint density at radius 2 is 2.15 bits per heavy atom. The Hall–Kier alpha value is -2.07. The van der Waals surface area contributed by atoms with Crippen LogP contribution in [0.2, 0.25) is 5.02 Å². The molecule has 0 saturated heterocycles. The van der Waals surface area contributed by atoms with E-state index in [-0.39, 0.29) is 11.8 Å². The number of rotatable bonds is 3. The van der Waals surface area contributed by atoms with E-state index < -0.39 is 0 Å². The molecule has 1 aliphatic rings. The molecule has 5 heteroatoms. The summed E-state index contributed by atoms with van der Waals surface area (Å²) in [6.07, 6.45) is 1.66. The van der Waals surface area contributed by atoms with Gasteiger partial charge in [0.15, 0.2) is 0 Å². The second-order valence-electron chi connectivity index (χ2n) is 4.61. The van der Waals surface area contributed by atoms with Crippen molar-refractivity contribution < 1.29 is 9.53 Å². The first-order chi connectivity index (χ1) is 9.74. The molecule has 0 saturated carbocycles. The summed E-state index contributed by atoms with van der Waals surface area (Å²) in [7, 11) is 0. The molecule has 3 rings (SSSR count). The van der Waals surface area contributed by atoms with Gasteiger partial charge in [-0.1, -0.05) is 29.8 Å². The van der Waals surface area contributed by atoms with Gasteiger partial charge in [0.05, 0.1) is 0 Å². The third kappa shape index (κ3) is 2.60. The molecule has 1 aromatic heterocycles. The quantitative estimate of drug-likeness (QED) is 0.944. The molecule has 1 atom stereocenters. The molecule has 1 amide bonds. The number of carbonyl (C=O) groups is 1. The minimum atomic E-state index is -0.286. The van der Waals surface area contributed by atoms with Gasteiger partial charge in [-0.05, 0) is 23.8 Å². The SMILES string of the molecule is O=C(NCc1ccc(Cl)cc1)C1COc2ncccc21. The fourth-order valence-corrected chi connectivity index (χ4v) is 2.30. The number of carbonyl (C=O) groups excluding carboxylic acids is 1. The van der Waals surface area contributed by atoms with Crippen LogP contribution in [0, 0.1) is 0 Å². The summed E-state index contributed by atoms with van der Waals surface area (Å²) in [6.45, 7) is 0.820. The Kier molecular flexibility index (Phi) is 3.56. The first-order valence-corrected chi connectivity index (χ1v) is 6.72. The van der Waals surface area contributed by atoms with Crippen LogP contribution < -0.4 is 10.1 Å². The Labute approximate surface area is 121 Å². The van der Waals surface area contributed by atoms with E-state index in [2.05, 4.69) is 10.3 Å². The smallest absolute Gasteiger partial charge is 0.231 e. The van der Waals surface area contributed by atoms with E-state index in [1.54, 1.807) is 18.3 Å². The summed E-state index contributed by atoms with van der Waals surface area (Å²) in [6, 6.07) is 11.1. The zero-order valence-electron chi connectivity index (χ0n) is 10.7. The maximum atomic E-state index is 12.2. The first-order valence-electron chi connectivity index (χ1n) is 6.34. The number of aromatic nitrogens is 1. The maximum Gasteiger partial charge on any atom is 0.231 e. The summed E-state index contributed by atoms with van der Waals surface area (Å²) < 4.78 is 5.41. The zero-order chi connectivity index (χ0) is 13.9. The number of hydrogen-bond acceptors (Lipinski definition) is 3. The highest BCUT2D eigenvalue weighted by Crippen LogP contribution is 2.31. The number of ether oxygens (including phenoxy) is 1. The van der Waals surface area contributed by atoms with Crippen molar-refractivity contribution in [1.82, 2.24) is 10.3 Å². The van der Waals surface area contributed by atoms with Crippen molar-refractivity contribution in [1.29, 1.82) is 0 Å². The van der Waals surface area contributed by atoms with E-state index in [9.17, 15) is 4.79 Å². The van der Waals surface area contributed by atoms with Crippen LogP contribution in [0.25, 0.3) is 0 Å². The summed E-state index contributed by atoms with van der Waals surface area (Å²) in [5.74, 6) is 0.219. The number of nitrogens with zero attached hydrogens (tertiary/aromatic N) is 1. The Morgan fingerprint density at radius 1 is 1.35 bits per heavy atom. The summed E-state index contributed by atoms with van der Waals surface area (Å²) in [5.41, 5.74) is 1.86. The Morgan fingerprint density at radius 3 is 2.95 bits per heavy atom. The third-order valence-electron chi connectivity index (χ3n) is 3.26. The van der Waals surface area contributed by atoms with Crippen LogP contribution in [0.1, 0.15) is 17.0 Å². The molecule has 102 valence electrons. The fourth-order valence-electron chi connectivity index (χ4n) is 2.17. The summed E-state index contributed by atoms with van der Waals surface area (Å²) >= 11 is 5.82. The van der Waals surface area contributed by atoms with E-state index in [0.29, 0.717) is 24.1 Å². The number of pyridine rings is 1. The zero-order valence-corrected chi connectivity index (χ0v) is 11.4. The van der Waals surface area contributed by atoms with Crippen LogP contribution in [0.5, 0.6) is 5.88 Å². The molecule has 20 heavy (non-hydrogen) atoms. The highest BCUT2D eigenvalue weighted by Gasteiger charge is 2.30. The monoisotopic (exact) mass is 288 g/mol. The number of nitrogens with one attached hydrogen (secondary N) is 1. The van der Waals surface area contributed by atoms with Gasteiger partial charge < -0.3 is 10.1 Å². The molecule has 0 fully saturated rings. The van der Waals surface area contributed by atoms with Gasteiger partial charge in [-0.15, -0.1) is 0 Å². The number of benzene rings is 1. The van der Waals surface area contributed by atoms with E-state index in [4.69, 9.17) is 16.3 Å². The molecule has 2 heterocycles. The topological polar surface area (TPSA) is 51.2 Å². The van der Waals surface area contributed by atoms with Gasteiger partial charge in [-0.25, -0.2) is 4.98 Å². The van der Waals surface area contributed by atoms with E-state index in [1.165, 1.54) is 0 Å². The van der Waals surface area contributed by atoms with Crippen LogP contribution in [0.4, 0.5) is 0 Å². The second-order valence-corrected chi connectivity index (χ2v) is 5.04. The summed E-state index contributed by atoms with van der Waals surface area (Å²) in [4.78, 5) is 16.3. The van der Waals surface area contributed by atoms with Gasteiger partial charge >= 0.3 is 0 Å². The van der Waals surface area contributed by atoms with Crippen LogP contribution in [0.15, 0.2) is 42.6 Å².